The van der Waals surface area contributed by atoms with Crippen LogP contribution in [0.4, 0.5) is 5.95 Å². The average molecular weight is 388 g/mol. The summed E-state index contributed by atoms with van der Waals surface area (Å²) < 4.78 is 2.08. The number of carbonyl (C=O) groups is 1. The van der Waals surface area contributed by atoms with E-state index >= 15 is 0 Å². The Morgan fingerprint density at radius 1 is 1.11 bits per heavy atom. The first kappa shape index (κ1) is 19.7. The molecule has 0 unspecified atom stereocenters. The third-order valence-corrected chi connectivity index (χ3v) is 5.32. The number of aromatic nitrogens is 3. The highest BCUT2D eigenvalue weighted by Gasteiger charge is 2.22. The van der Waals surface area contributed by atoms with Crippen LogP contribution in [0.2, 0.25) is 0 Å². The minimum Gasteiger partial charge on any atom is -0.351 e. The number of amides is 1. The number of anilines is 1. The second-order valence-electron chi connectivity index (χ2n) is 8.09. The fraction of sp³-hybridized carbons (Fsp3) is 0.550. The number of benzene rings is 1. The summed E-state index contributed by atoms with van der Waals surface area (Å²) >= 11 is 1.43. The molecule has 7 heteroatoms. The van der Waals surface area contributed by atoms with Crippen LogP contribution < -0.4 is 10.2 Å². The molecule has 2 heterocycles. The van der Waals surface area contributed by atoms with Gasteiger partial charge in [-0.2, -0.15) is 0 Å². The number of thioether (sulfide) groups is 1. The van der Waals surface area contributed by atoms with Gasteiger partial charge in [-0.15, -0.1) is 10.2 Å². The molecule has 0 atom stereocenters. The SMILES string of the molecule is Cc1ccc(-n2c(SCC(=O)NC(C)(C)C)nnc2N2CCCCC2)cc1. The van der Waals surface area contributed by atoms with Gasteiger partial charge in [0.15, 0.2) is 5.16 Å². The Bertz CT molecular complexity index is 773. The minimum atomic E-state index is -0.235. The average Bonchev–Trinajstić information content (AvgIpc) is 3.04. The number of hydrogen-bond donors (Lipinski definition) is 1. The van der Waals surface area contributed by atoms with Gasteiger partial charge in [0, 0.05) is 18.6 Å². The molecule has 2 aromatic rings. The summed E-state index contributed by atoms with van der Waals surface area (Å²) in [7, 11) is 0. The van der Waals surface area contributed by atoms with Crippen LogP contribution in [0.25, 0.3) is 5.69 Å². The van der Waals surface area contributed by atoms with Crippen molar-refractivity contribution in [2.45, 2.75) is 57.7 Å². The predicted molar refractivity (Wildman–Crippen MR) is 111 cm³/mol. The van der Waals surface area contributed by atoms with Crippen molar-refractivity contribution in [1.29, 1.82) is 0 Å². The van der Waals surface area contributed by atoms with Crippen LogP contribution in [-0.2, 0) is 4.79 Å². The van der Waals surface area contributed by atoms with Crippen molar-refractivity contribution in [3.8, 4) is 5.69 Å². The van der Waals surface area contributed by atoms with E-state index in [9.17, 15) is 4.79 Å². The maximum absolute atomic E-state index is 12.2. The first-order valence-electron chi connectivity index (χ1n) is 9.55. The van der Waals surface area contributed by atoms with E-state index in [-0.39, 0.29) is 11.4 Å². The van der Waals surface area contributed by atoms with Crippen molar-refractivity contribution in [1.82, 2.24) is 20.1 Å². The third kappa shape index (κ3) is 5.25. The van der Waals surface area contributed by atoms with Crippen LogP contribution in [0.15, 0.2) is 29.4 Å². The summed E-state index contributed by atoms with van der Waals surface area (Å²) in [6, 6.07) is 8.36. The lowest BCUT2D eigenvalue weighted by Crippen LogP contribution is -2.41. The van der Waals surface area contributed by atoms with Gasteiger partial charge in [0.05, 0.1) is 11.4 Å². The Hall–Kier alpha value is -2.02. The van der Waals surface area contributed by atoms with E-state index in [1.807, 2.05) is 20.8 Å². The number of aryl methyl sites for hydroxylation is 1. The van der Waals surface area contributed by atoms with Gasteiger partial charge in [-0.1, -0.05) is 29.5 Å². The van der Waals surface area contributed by atoms with Gasteiger partial charge < -0.3 is 10.2 Å². The summed E-state index contributed by atoms with van der Waals surface area (Å²) in [4.78, 5) is 14.5. The van der Waals surface area contributed by atoms with Crippen LogP contribution in [0, 0.1) is 6.92 Å². The highest BCUT2D eigenvalue weighted by molar-refractivity contribution is 7.99. The maximum Gasteiger partial charge on any atom is 0.232 e. The molecule has 1 aliphatic heterocycles. The molecule has 1 aromatic heterocycles. The van der Waals surface area contributed by atoms with E-state index in [1.165, 1.54) is 36.6 Å². The summed E-state index contributed by atoms with van der Waals surface area (Å²) in [5, 5.41) is 12.6. The van der Waals surface area contributed by atoms with Crippen molar-refractivity contribution in [2.24, 2.45) is 0 Å². The fourth-order valence-corrected chi connectivity index (χ4v) is 3.91. The molecule has 6 nitrogen and oxygen atoms in total. The molecule has 0 radical (unpaired) electrons. The molecule has 1 saturated heterocycles. The largest absolute Gasteiger partial charge is 0.351 e. The van der Waals surface area contributed by atoms with Crippen molar-refractivity contribution in [2.75, 3.05) is 23.7 Å². The smallest absolute Gasteiger partial charge is 0.232 e. The maximum atomic E-state index is 12.2. The second kappa shape index (κ2) is 8.33. The van der Waals surface area contributed by atoms with Gasteiger partial charge in [0.25, 0.3) is 0 Å². The van der Waals surface area contributed by atoms with E-state index in [0.717, 1.165) is 29.9 Å². The van der Waals surface area contributed by atoms with Gasteiger partial charge >= 0.3 is 0 Å². The Kier molecular flexibility index (Phi) is 6.09. The molecule has 0 saturated carbocycles. The normalized spacial score (nSPS) is 15.0. The highest BCUT2D eigenvalue weighted by Crippen LogP contribution is 2.28. The summed E-state index contributed by atoms with van der Waals surface area (Å²) in [6.45, 7) is 10.0. The molecule has 1 fully saturated rings. The van der Waals surface area contributed by atoms with Gasteiger partial charge in [-0.25, -0.2) is 0 Å². The second-order valence-corrected chi connectivity index (χ2v) is 9.03. The van der Waals surface area contributed by atoms with Crippen LogP contribution in [0.1, 0.15) is 45.6 Å². The molecule has 27 heavy (non-hydrogen) atoms. The number of nitrogens with one attached hydrogen (secondary N) is 1. The standard InChI is InChI=1S/C20H29N5OS/c1-15-8-10-16(11-9-15)25-18(24-12-6-5-7-13-24)22-23-19(25)27-14-17(26)21-20(2,3)4/h8-11H,5-7,12-14H2,1-4H3,(H,21,26). The van der Waals surface area contributed by atoms with Crippen LogP contribution >= 0.6 is 11.8 Å². The topological polar surface area (TPSA) is 63.1 Å². The number of rotatable bonds is 5. The number of nitrogens with zero attached hydrogens (tertiary/aromatic N) is 4. The van der Waals surface area contributed by atoms with Crippen molar-refractivity contribution in [3.63, 3.8) is 0 Å². The Labute approximate surface area is 165 Å². The molecule has 1 amide bonds. The van der Waals surface area contributed by atoms with Gasteiger partial charge in [-0.3, -0.25) is 9.36 Å². The zero-order valence-electron chi connectivity index (χ0n) is 16.7. The molecule has 0 bridgehead atoms. The van der Waals surface area contributed by atoms with Crippen LogP contribution in [0.5, 0.6) is 0 Å². The molecule has 146 valence electrons. The molecule has 1 aromatic carbocycles. The lowest BCUT2D eigenvalue weighted by molar-refractivity contribution is -0.119. The molecule has 0 aliphatic carbocycles. The molecule has 1 aliphatic rings. The van der Waals surface area contributed by atoms with Crippen LogP contribution in [-0.4, -0.2) is 45.1 Å². The fourth-order valence-electron chi connectivity index (χ4n) is 3.16. The quantitative estimate of drug-likeness (QED) is 0.795. The molecule has 0 spiro atoms. The van der Waals surface area contributed by atoms with E-state index in [2.05, 4.69) is 56.2 Å². The van der Waals surface area contributed by atoms with Crippen molar-refractivity contribution in [3.05, 3.63) is 29.8 Å². The van der Waals surface area contributed by atoms with Gasteiger partial charge in [0.1, 0.15) is 0 Å². The zero-order valence-corrected chi connectivity index (χ0v) is 17.5. The molecular weight excluding hydrogens is 358 g/mol. The van der Waals surface area contributed by atoms with E-state index in [0.29, 0.717) is 5.75 Å². The Morgan fingerprint density at radius 2 is 1.78 bits per heavy atom. The van der Waals surface area contributed by atoms with Crippen molar-refractivity contribution < 1.29 is 4.79 Å². The van der Waals surface area contributed by atoms with Crippen LogP contribution in [0.3, 0.4) is 0 Å². The molecular formula is C20H29N5OS. The van der Waals surface area contributed by atoms with Crippen molar-refractivity contribution >= 4 is 23.6 Å². The first-order valence-corrected chi connectivity index (χ1v) is 10.5. The lowest BCUT2D eigenvalue weighted by atomic mass is 10.1. The third-order valence-electron chi connectivity index (χ3n) is 4.39. The minimum absolute atomic E-state index is 0.00507. The first-order chi connectivity index (χ1) is 12.8. The van der Waals surface area contributed by atoms with E-state index in [1.54, 1.807) is 0 Å². The summed E-state index contributed by atoms with van der Waals surface area (Å²) in [5.41, 5.74) is 2.01. The Morgan fingerprint density at radius 3 is 2.41 bits per heavy atom. The number of hydrogen-bond acceptors (Lipinski definition) is 5. The molecule has 3 rings (SSSR count). The molecule has 1 N–H and O–H groups in total. The van der Waals surface area contributed by atoms with E-state index in [4.69, 9.17) is 0 Å². The highest BCUT2D eigenvalue weighted by atomic mass is 32.2. The number of carbonyl (C=O) groups excluding carboxylic acids is 1. The number of piperidine rings is 1. The Balaban J connectivity index is 1.85. The monoisotopic (exact) mass is 387 g/mol. The summed E-state index contributed by atoms with van der Waals surface area (Å²) in [6.07, 6.45) is 3.62. The van der Waals surface area contributed by atoms with Gasteiger partial charge in [0.2, 0.25) is 11.9 Å². The zero-order chi connectivity index (χ0) is 19.4. The van der Waals surface area contributed by atoms with E-state index < -0.39 is 0 Å². The van der Waals surface area contributed by atoms with Gasteiger partial charge in [-0.05, 0) is 59.1 Å². The summed E-state index contributed by atoms with van der Waals surface area (Å²) in [5.74, 6) is 1.20. The lowest BCUT2D eigenvalue weighted by Gasteiger charge is -2.27. The predicted octanol–water partition coefficient (Wildman–Crippen LogP) is 3.57.